The van der Waals surface area contributed by atoms with E-state index in [0.29, 0.717) is 10.6 Å². The van der Waals surface area contributed by atoms with E-state index in [9.17, 15) is 19.2 Å². The van der Waals surface area contributed by atoms with Crippen LogP contribution >= 0.6 is 0 Å². The molecular weight excluding hydrogens is 348 g/mol. The number of aryl methyl sites for hydroxylation is 2. The van der Waals surface area contributed by atoms with Crippen LogP contribution in [-0.4, -0.2) is 52.7 Å². The molecule has 1 aromatic rings. The molecule has 27 heavy (non-hydrogen) atoms. The Hall–Kier alpha value is -3.21. The SMILES string of the molecule is Cc1ccc(N(CCC#N)C(=O)CN2C(=O)C(=O)N(C(C)C)C2=O)cc1C. The molecule has 1 saturated heterocycles. The first-order chi connectivity index (χ1) is 12.7. The molecule has 0 aromatic heterocycles. The smallest absolute Gasteiger partial charge is 0.310 e. The molecule has 0 unspecified atom stereocenters. The fourth-order valence-electron chi connectivity index (χ4n) is 2.79. The highest BCUT2D eigenvalue weighted by Gasteiger charge is 2.46. The van der Waals surface area contributed by atoms with Gasteiger partial charge in [-0.1, -0.05) is 6.07 Å². The first-order valence-corrected chi connectivity index (χ1v) is 8.62. The molecule has 1 aliphatic heterocycles. The number of carbonyl (C=O) groups excluding carboxylic acids is 4. The van der Waals surface area contributed by atoms with Gasteiger partial charge in [0.1, 0.15) is 6.54 Å². The van der Waals surface area contributed by atoms with E-state index in [2.05, 4.69) is 0 Å². The highest BCUT2D eigenvalue weighted by atomic mass is 16.2. The zero-order valence-electron chi connectivity index (χ0n) is 15.9. The van der Waals surface area contributed by atoms with Gasteiger partial charge in [0, 0.05) is 18.3 Å². The molecule has 8 heteroatoms. The minimum Gasteiger partial charge on any atom is -0.310 e. The minimum atomic E-state index is -1.01. The third kappa shape index (κ3) is 3.97. The number of rotatable bonds is 6. The van der Waals surface area contributed by atoms with E-state index in [1.807, 2.05) is 32.0 Å². The largest absolute Gasteiger partial charge is 0.334 e. The molecule has 0 N–H and O–H groups in total. The Morgan fingerprint density at radius 2 is 1.81 bits per heavy atom. The molecule has 0 bridgehead atoms. The van der Waals surface area contributed by atoms with Crippen LogP contribution in [0.4, 0.5) is 10.5 Å². The van der Waals surface area contributed by atoms with Gasteiger partial charge in [0.05, 0.1) is 12.5 Å². The Balaban J connectivity index is 2.27. The molecule has 0 atom stereocenters. The summed E-state index contributed by atoms with van der Waals surface area (Å²) in [5.41, 5.74) is 2.59. The average molecular weight is 370 g/mol. The van der Waals surface area contributed by atoms with Crippen molar-refractivity contribution < 1.29 is 19.2 Å². The van der Waals surface area contributed by atoms with Crippen molar-refractivity contribution in [3.05, 3.63) is 29.3 Å². The summed E-state index contributed by atoms with van der Waals surface area (Å²) >= 11 is 0. The number of benzene rings is 1. The van der Waals surface area contributed by atoms with Gasteiger partial charge in [0.15, 0.2) is 0 Å². The van der Waals surface area contributed by atoms with Crippen molar-refractivity contribution in [2.45, 2.75) is 40.2 Å². The van der Waals surface area contributed by atoms with Gasteiger partial charge in [0.2, 0.25) is 5.91 Å². The quantitative estimate of drug-likeness (QED) is 0.561. The lowest BCUT2D eigenvalue weighted by Gasteiger charge is -2.25. The van der Waals surface area contributed by atoms with Gasteiger partial charge in [-0.2, -0.15) is 5.26 Å². The van der Waals surface area contributed by atoms with Crippen molar-refractivity contribution in [3.63, 3.8) is 0 Å². The van der Waals surface area contributed by atoms with E-state index in [4.69, 9.17) is 5.26 Å². The molecule has 0 aliphatic carbocycles. The number of hydrogen-bond donors (Lipinski definition) is 0. The van der Waals surface area contributed by atoms with Gasteiger partial charge in [0.25, 0.3) is 0 Å². The van der Waals surface area contributed by atoms with Crippen molar-refractivity contribution in [2.24, 2.45) is 0 Å². The fraction of sp³-hybridized carbons (Fsp3) is 0.421. The molecule has 0 saturated carbocycles. The molecule has 1 fully saturated rings. The maximum Gasteiger partial charge on any atom is 0.334 e. The molecule has 2 rings (SSSR count). The predicted octanol–water partition coefficient (Wildman–Crippen LogP) is 1.75. The molecule has 1 aliphatic rings. The van der Waals surface area contributed by atoms with Gasteiger partial charge in [-0.15, -0.1) is 0 Å². The molecule has 0 radical (unpaired) electrons. The van der Waals surface area contributed by atoms with E-state index >= 15 is 0 Å². The first-order valence-electron chi connectivity index (χ1n) is 8.62. The highest BCUT2D eigenvalue weighted by molar-refractivity contribution is 6.45. The maximum atomic E-state index is 12.8. The second-order valence-electron chi connectivity index (χ2n) is 6.66. The van der Waals surface area contributed by atoms with Crippen LogP contribution in [0.2, 0.25) is 0 Å². The van der Waals surface area contributed by atoms with Gasteiger partial charge in [-0.05, 0) is 51.0 Å². The van der Waals surface area contributed by atoms with Gasteiger partial charge >= 0.3 is 17.8 Å². The van der Waals surface area contributed by atoms with Crippen LogP contribution in [0.1, 0.15) is 31.4 Å². The van der Waals surface area contributed by atoms with Crippen LogP contribution in [0.5, 0.6) is 0 Å². The van der Waals surface area contributed by atoms with Crippen molar-refractivity contribution in [1.82, 2.24) is 9.80 Å². The molecule has 8 nitrogen and oxygen atoms in total. The lowest BCUT2D eigenvalue weighted by atomic mass is 10.1. The van der Waals surface area contributed by atoms with Crippen molar-refractivity contribution in [1.29, 1.82) is 5.26 Å². The number of imide groups is 2. The van der Waals surface area contributed by atoms with Crippen molar-refractivity contribution >= 4 is 29.4 Å². The maximum absolute atomic E-state index is 12.8. The zero-order chi connectivity index (χ0) is 20.3. The molecule has 142 valence electrons. The van der Waals surface area contributed by atoms with Crippen LogP contribution in [0.25, 0.3) is 0 Å². The monoisotopic (exact) mass is 370 g/mol. The number of nitriles is 1. The van der Waals surface area contributed by atoms with Crippen LogP contribution in [0.15, 0.2) is 18.2 Å². The Labute approximate surface area is 157 Å². The summed E-state index contributed by atoms with van der Waals surface area (Å²) in [6.07, 6.45) is 0.0948. The number of nitrogens with zero attached hydrogens (tertiary/aromatic N) is 4. The van der Waals surface area contributed by atoms with Crippen molar-refractivity contribution in [3.8, 4) is 6.07 Å². The number of urea groups is 1. The van der Waals surface area contributed by atoms with Crippen LogP contribution in [0, 0.1) is 25.2 Å². The second-order valence-corrected chi connectivity index (χ2v) is 6.66. The van der Waals surface area contributed by atoms with E-state index < -0.39 is 36.3 Å². The van der Waals surface area contributed by atoms with E-state index in [1.54, 1.807) is 19.9 Å². The lowest BCUT2D eigenvalue weighted by Crippen LogP contribution is -2.44. The van der Waals surface area contributed by atoms with Crippen LogP contribution < -0.4 is 4.90 Å². The summed E-state index contributed by atoms with van der Waals surface area (Å²) < 4.78 is 0. The highest BCUT2D eigenvalue weighted by Crippen LogP contribution is 2.21. The molecule has 5 amide bonds. The number of amides is 5. The summed E-state index contributed by atoms with van der Waals surface area (Å²) in [5, 5.41) is 8.88. The molecular formula is C19H22N4O4. The van der Waals surface area contributed by atoms with E-state index in [1.165, 1.54) is 4.90 Å². The molecule has 1 aromatic carbocycles. The fourth-order valence-corrected chi connectivity index (χ4v) is 2.79. The second kappa shape index (κ2) is 7.99. The third-order valence-electron chi connectivity index (χ3n) is 4.44. The summed E-state index contributed by atoms with van der Waals surface area (Å²) in [7, 11) is 0. The predicted molar refractivity (Wildman–Crippen MR) is 97.6 cm³/mol. The average Bonchev–Trinajstić information content (AvgIpc) is 2.81. The number of carbonyl (C=O) groups is 4. The van der Waals surface area contributed by atoms with Gasteiger partial charge in [-0.25, -0.2) is 9.69 Å². The van der Waals surface area contributed by atoms with Gasteiger partial charge in [-0.3, -0.25) is 19.3 Å². The normalized spacial score (nSPS) is 14.1. The van der Waals surface area contributed by atoms with E-state index in [-0.39, 0.29) is 13.0 Å². The Morgan fingerprint density at radius 1 is 1.15 bits per heavy atom. The summed E-state index contributed by atoms with van der Waals surface area (Å²) in [6.45, 7) is 6.64. The van der Waals surface area contributed by atoms with Crippen LogP contribution in [-0.2, 0) is 14.4 Å². The van der Waals surface area contributed by atoms with Crippen LogP contribution in [0.3, 0.4) is 0 Å². The molecule has 1 heterocycles. The number of hydrogen-bond acceptors (Lipinski definition) is 5. The Kier molecular flexibility index (Phi) is 5.95. The summed E-state index contributed by atoms with van der Waals surface area (Å²) in [5.74, 6) is -2.48. The minimum absolute atomic E-state index is 0.0948. The van der Waals surface area contributed by atoms with Crippen molar-refractivity contribution in [2.75, 3.05) is 18.0 Å². The Morgan fingerprint density at radius 3 is 2.33 bits per heavy atom. The van der Waals surface area contributed by atoms with Gasteiger partial charge < -0.3 is 4.90 Å². The topological polar surface area (TPSA) is 102 Å². The summed E-state index contributed by atoms with van der Waals surface area (Å²) in [4.78, 5) is 52.2. The molecule has 0 spiro atoms. The lowest BCUT2D eigenvalue weighted by molar-refractivity contribution is -0.144. The zero-order valence-corrected chi connectivity index (χ0v) is 15.9. The number of anilines is 1. The standard InChI is InChI=1S/C19H22N4O4/c1-12(2)23-18(26)17(25)22(19(23)27)11-16(24)21(9-5-8-20)15-7-6-13(3)14(4)10-15/h6-7,10,12H,5,9,11H2,1-4H3. The van der Waals surface area contributed by atoms with E-state index in [0.717, 1.165) is 16.0 Å². The summed E-state index contributed by atoms with van der Waals surface area (Å²) in [6, 6.07) is 6.12. The third-order valence-corrected chi connectivity index (χ3v) is 4.44. The first kappa shape index (κ1) is 20.1. The Bertz CT molecular complexity index is 841.